The molecule has 138 valence electrons. The molecule has 0 radical (unpaired) electrons. The van der Waals surface area contributed by atoms with Gasteiger partial charge in [-0.15, -0.1) is 0 Å². The van der Waals surface area contributed by atoms with Gasteiger partial charge in [0, 0.05) is 5.66 Å². The van der Waals surface area contributed by atoms with Gasteiger partial charge in [0.25, 0.3) is 0 Å². The zero-order chi connectivity index (χ0) is 18.4. The highest BCUT2D eigenvalue weighted by Gasteiger charge is 2.39. The predicted molar refractivity (Wildman–Crippen MR) is 92.7 cm³/mol. The lowest BCUT2D eigenvalue weighted by Gasteiger charge is -2.26. The van der Waals surface area contributed by atoms with E-state index in [0.717, 1.165) is 16.0 Å². The number of hydrogen-bond acceptors (Lipinski definition) is 5. The fourth-order valence-corrected chi connectivity index (χ4v) is 4.83. The van der Waals surface area contributed by atoms with Gasteiger partial charge in [-0.05, 0) is 37.8 Å². The molecule has 0 spiro atoms. The van der Waals surface area contributed by atoms with E-state index in [1.807, 2.05) is 24.3 Å². The molecule has 0 saturated carbocycles. The van der Waals surface area contributed by atoms with Gasteiger partial charge in [-0.3, -0.25) is 14.3 Å². The fourth-order valence-electron chi connectivity index (χ4n) is 2.93. The van der Waals surface area contributed by atoms with Crippen molar-refractivity contribution in [1.82, 2.24) is 4.90 Å². The first-order valence-electron chi connectivity index (χ1n) is 8.33. The zero-order valence-electron chi connectivity index (χ0n) is 14.5. The molecule has 0 heterocycles. The summed E-state index contributed by atoms with van der Waals surface area (Å²) < 4.78 is 22.6. The molecule has 1 aliphatic carbocycles. The van der Waals surface area contributed by atoms with Crippen molar-refractivity contribution in [2.24, 2.45) is 0 Å². The van der Waals surface area contributed by atoms with Crippen molar-refractivity contribution in [3.8, 4) is 0 Å². The molecule has 1 aromatic carbocycles. The number of esters is 1. The van der Waals surface area contributed by atoms with Gasteiger partial charge in [-0.25, -0.2) is 4.79 Å². The highest BCUT2D eigenvalue weighted by molar-refractivity contribution is 7.58. The Morgan fingerprint density at radius 3 is 2.24 bits per heavy atom. The highest BCUT2D eigenvalue weighted by Crippen LogP contribution is 2.52. The number of nitrogens with zero attached hydrogens (tertiary/aromatic N) is 1. The van der Waals surface area contributed by atoms with Crippen molar-refractivity contribution < 1.29 is 28.5 Å². The maximum atomic E-state index is 12.9. The maximum absolute atomic E-state index is 12.9. The molecule has 0 fully saturated rings. The predicted octanol–water partition coefficient (Wildman–Crippen LogP) is 2.40. The number of benzene rings is 1. The van der Waals surface area contributed by atoms with Crippen molar-refractivity contribution in [1.29, 1.82) is 0 Å². The molecule has 0 aliphatic heterocycles. The molecule has 8 heteroatoms. The smallest absolute Gasteiger partial charge is 0.410 e. The summed E-state index contributed by atoms with van der Waals surface area (Å²) >= 11 is 0. The minimum absolute atomic E-state index is 0.114. The van der Waals surface area contributed by atoms with E-state index in [-0.39, 0.29) is 13.2 Å². The van der Waals surface area contributed by atoms with Crippen molar-refractivity contribution in [2.75, 3.05) is 26.0 Å². The number of fused-ring (bicyclic) bond motifs is 1. The summed E-state index contributed by atoms with van der Waals surface area (Å²) in [5.41, 5.74) is 1.63. The largest absolute Gasteiger partial charge is 0.465 e. The lowest BCUT2D eigenvalue weighted by atomic mass is 10.1. The van der Waals surface area contributed by atoms with Gasteiger partial charge < -0.3 is 14.4 Å². The molecule has 1 N–H and O–H groups in total. The first kappa shape index (κ1) is 19.5. The second-order valence-electron chi connectivity index (χ2n) is 5.93. The van der Waals surface area contributed by atoms with Crippen LogP contribution in [-0.4, -0.2) is 53.6 Å². The molecule has 1 aliphatic rings. The Labute approximate surface area is 147 Å². The van der Waals surface area contributed by atoms with Crippen LogP contribution in [0.15, 0.2) is 24.3 Å². The number of carbonyl (C=O) groups excluding carboxylic acids is 2. The third-order valence-corrected chi connectivity index (χ3v) is 6.38. The molecule has 1 aromatic rings. The van der Waals surface area contributed by atoms with E-state index >= 15 is 0 Å². The number of amides is 1. The molecule has 0 aromatic heterocycles. The summed E-state index contributed by atoms with van der Waals surface area (Å²) in [5.74, 6) is -0.634. The van der Waals surface area contributed by atoms with Crippen molar-refractivity contribution in [2.45, 2.75) is 32.3 Å². The second-order valence-corrected chi connectivity index (χ2v) is 8.45. The van der Waals surface area contributed by atoms with Crippen molar-refractivity contribution in [3.63, 3.8) is 0 Å². The molecule has 1 atom stereocenters. The Balaban J connectivity index is 2.09. The van der Waals surface area contributed by atoms with E-state index < -0.39 is 37.9 Å². The maximum Gasteiger partial charge on any atom is 0.410 e. The lowest BCUT2D eigenvalue weighted by molar-refractivity contribution is -0.143. The first-order valence-corrected chi connectivity index (χ1v) is 10.2. The molecular weight excluding hydrogens is 345 g/mol. The molecule has 25 heavy (non-hydrogen) atoms. The SMILES string of the molecule is CCOC(=O)CN(CP(=O)(O)C1Cc2ccccc2C1)C(=O)OCC. The van der Waals surface area contributed by atoms with Crippen LogP contribution in [0, 0.1) is 0 Å². The van der Waals surface area contributed by atoms with Gasteiger partial charge >= 0.3 is 12.1 Å². The highest BCUT2D eigenvalue weighted by atomic mass is 31.2. The first-order chi connectivity index (χ1) is 11.9. The van der Waals surface area contributed by atoms with Crippen LogP contribution in [-0.2, 0) is 31.7 Å². The average molecular weight is 369 g/mol. The number of ether oxygens (including phenoxy) is 2. The van der Waals surface area contributed by atoms with Crippen LogP contribution in [0.1, 0.15) is 25.0 Å². The van der Waals surface area contributed by atoms with Gasteiger partial charge in [0.1, 0.15) is 12.8 Å². The molecule has 1 unspecified atom stereocenters. The summed E-state index contributed by atoms with van der Waals surface area (Å²) in [6.45, 7) is 3.16. The van der Waals surface area contributed by atoms with Crippen molar-refractivity contribution >= 4 is 19.4 Å². The van der Waals surface area contributed by atoms with Crippen LogP contribution in [0.25, 0.3) is 0 Å². The van der Waals surface area contributed by atoms with E-state index in [9.17, 15) is 19.0 Å². The fraction of sp³-hybridized carbons (Fsp3) is 0.529. The average Bonchev–Trinajstić information content (AvgIpc) is 2.99. The standard InChI is InChI=1S/C17H24NO6P/c1-3-23-16(19)11-18(17(20)24-4-2)12-25(21,22)15-9-13-7-5-6-8-14(13)10-15/h5-8,15H,3-4,9-12H2,1-2H3,(H,21,22). The second kappa shape index (κ2) is 8.50. The quantitative estimate of drug-likeness (QED) is 0.586. The third kappa shape index (κ3) is 5.06. The third-order valence-electron chi connectivity index (χ3n) is 4.12. The normalized spacial score (nSPS) is 16.0. The Hall–Kier alpha value is -1.85. The summed E-state index contributed by atoms with van der Waals surface area (Å²) in [7, 11) is -3.71. The molecule has 7 nitrogen and oxygen atoms in total. The number of carbonyl (C=O) groups is 2. The minimum Gasteiger partial charge on any atom is -0.465 e. The topological polar surface area (TPSA) is 93.1 Å². The molecule has 1 amide bonds. The van der Waals surface area contributed by atoms with Crippen LogP contribution in [0.4, 0.5) is 4.79 Å². The summed E-state index contributed by atoms with van der Waals surface area (Å²) in [6, 6.07) is 7.68. The van der Waals surface area contributed by atoms with Gasteiger partial charge in [0.15, 0.2) is 0 Å². The van der Waals surface area contributed by atoms with E-state index in [1.165, 1.54) is 0 Å². The van der Waals surface area contributed by atoms with E-state index in [4.69, 9.17) is 9.47 Å². The van der Waals surface area contributed by atoms with Crippen LogP contribution in [0.2, 0.25) is 0 Å². The Morgan fingerprint density at radius 1 is 1.16 bits per heavy atom. The van der Waals surface area contributed by atoms with Gasteiger partial charge in [-0.2, -0.15) is 0 Å². The number of hydrogen-bond donors (Lipinski definition) is 1. The van der Waals surface area contributed by atoms with Gasteiger partial charge in [0.2, 0.25) is 7.37 Å². The Bertz CT molecular complexity index is 652. The summed E-state index contributed by atoms with van der Waals surface area (Å²) in [6.07, 6.45) is -0.246. The summed E-state index contributed by atoms with van der Waals surface area (Å²) in [5, 5.41) is 0. The minimum atomic E-state index is -3.71. The van der Waals surface area contributed by atoms with Crippen molar-refractivity contribution in [3.05, 3.63) is 35.4 Å². The summed E-state index contributed by atoms with van der Waals surface area (Å²) in [4.78, 5) is 35.3. The zero-order valence-corrected chi connectivity index (χ0v) is 15.4. The monoisotopic (exact) mass is 369 g/mol. The van der Waals surface area contributed by atoms with E-state index in [2.05, 4.69) is 0 Å². The van der Waals surface area contributed by atoms with Crippen LogP contribution >= 0.6 is 7.37 Å². The Morgan fingerprint density at radius 2 is 1.72 bits per heavy atom. The molecular formula is C17H24NO6P. The van der Waals surface area contributed by atoms with E-state index in [1.54, 1.807) is 13.8 Å². The number of rotatable bonds is 7. The van der Waals surface area contributed by atoms with Crippen LogP contribution in [0.3, 0.4) is 0 Å². The van der Waals surface area contributed by atoms with Crippen LogP contribution < -0.4 is 0 Å². The lowest BCUT2D eigenvalue weighted by Crippen LogP contribution is -2.38. The van der Waals surface area contributed by atoms with Gasteiger partial charge in [-0.1, -0.05) is 24.3 Å². The van der Waals surface area contributed by atoms with Gasteiger partial charge in [0.05, 0.1) is 13.2 Å². The van der Waals surface area contributed by atoms with Crippen LogP contribution in [0.5, 0.6) is 0 Å². The Kier molecular flexibility index (Phi) is 6.62. The molecule has 2 rings (SSSR count). The van der Waals surface area contributed by atoms with E-state index in [0.29, 0.717) is 12.8 Å². The molecule has 0 bridgehead atoms. The molecule has 0 saturated heterocycles.